The summed E-state index contributed by atoms with van der Waals surface area (Å²) >= 11 is 0. The van der Waals surface area contributed by atoms with Crippen LogP contribution >= 0.6 is 0 Å². The second-order valence-corrected chi connectivity index (χ2v) is 6.85. The van der Waals surface area contributed by atoms with Gasteiger partial charge in [0.05, 0.1) is 12.5 Å². The van der Waals surface area contributed by atoms with Crippen LogP contribution in [0, 0.1) is 5.82 Å². The zero-order chi connectivity index (χ0) is 20.2. The molecule has 150 valence electrons. The lowest BCUT2D eigenvalue weighted by molar-refractivity contribution is 0.0526. The van der Waals surface area contributed by atoms with Gasteiger partial charge in [-0.3, -0.25) is 0 Å². The SMILES string of the molecule is CCOC(=O)c1cccnc1N1CCCC(c2nc(-c3cccc(F)c3)no2)C1. The quantitative estimate of drug-likeness (QED) is 0.606. The van der Waals surface area contributed by atoms with E-state index in [9.17, 15) is 9.18 Å². The van der Waals surface area contributed by atoms with Gasteiger partial charge in [-0.05, 0) is 44.0 Å². The molecule has 0 N–H and O–H groups in total. The molecule has 1 atom stereocenters. The third-order valence-electron chi connectivity index (χ3n) is 4.88. The van der Waals surface area contributed by atoms with Crippen molar-refractivity contribution in [3.8, 4) is 11.4 Å². The molecule has 3 aromatic rings. The standard InChI is InChI=1S/C21H21FN4O3/c1-2-28-21(27)17-9-4-10-23-19(17)26-11-5-7-15(13-26)20-24-18(25-29-20)14-6-3-8-16(22)12-14/h3-4,6,8-10,12,15H,2,5,7,11,13H2,1H3. The number of anilines is 1. The van der Waals surface area contributed by atoms with Crippen LogP contribution in [0.1, 0.15) is 41.9 Å². The number of esters is 1. The minimum Gasteiger partial charge on any atom is -0.462 e. The van der Waals surface area contributed by atoms with Gasteiger partial charge in [0.2, 0.25) is 11.7 Å². The molecule has 3 heterocycles. The molecule has 0 radical (unpaired) electrons. The van der Waals surface area contributed by atoms with E-state index in [0.717, 1.165) is 19.4 Å². The monoisotopic (exact) mass is 396 g/mol. The van der Waals surface area contributed by atoms with Crippen molar-refractivity contribution in [2.24, 2.45) is 0 Å². The van der Waals surface area contributed by atoms with Crippen molar-refractivity contribution in [1.29, 1.82) is 0 Å². The highest BCUT2D eigenvalue weighted by atomic mass is 19.1. The second kappa shape index (κ2) is 8.38. The highest BCUT2D eigenvalue weighted by Crippen LogP contribution is 2.31. The Balaban J connectivity index is 1.55. The van der Waals surface area contributed by atoms with Crippen molar-refractivity contribution in [2.75, 3.05) is 24.6 Å². The molecular formula is C21H21FN4O3. The lowest BCUT2D eigenvalue weighted by Gasteiger charge is -2.32. The molecule has 1 fully saturated rings. The summed E-state index contributed by atoms with van der Waals surface area (Å²) in [6, 6.07) is 9.55. The van der Waals surface area contributed by atoms with Crippen LogP contribution in [0.5, 0.6) is 0 Å². The molecule has 2 aromatic heterocycles. The fourth-order valence-electron chi connectivity index (χ4n) is 3.53. The number of hydrogen-bond donors (Lipinski definition) is 0. The normalized spacial score (nSPS) is 16.6. The van der Waals surface area contributed by atoms with Gasteiger partial charge < -0.3 is 14.2 Å². The van der Waals surface area contributed by atoms with E-state index in [1.807, 2.05) is 4.90 Å². The van der Waals surface area contributed by atoms with Crippen molar-refractivity contribution >= 4 is 11.8 Å². The van der Waals surface area contributed by atoms with Crippen LogP contribution < -0.4 is 4.90 Å². The summed E-state index contributed by atoms with van der Waals surface area (Å²) in [6.45, 7) is 3.44. The fraction of sp³-hybridized carbons (Fsp3) is 0.333. The van der Waals surface area contributed by atoms with Crippen LogP contribution in [0.2, 0.25) is 0 Å². The maximum Gasteiger partial charge on any atom is 0.341 e. The minimum atomic E-state index is -0.385. The first-order chi connectivity index (χ1) is 14.2. The van der Waals surface area contributed by atoms with E-state index in [-0.39, 0.29) is 17.7 Å². The van der Waals surface area contributed by atoms with E-state index in [4.69, 9.17) is 9.26 Å². The smallest absolute Gasteiger partial charge is 0.341 e. The molecule has 0 amide bonds. The Morgan fingerprint density at radius 3 is 3.07 bits per heavy atom. The van der Waals surface area contributed by atoms with E-state index in [0.29, 0.717) is 41.8 Å². The second-order valence-electron chi connectivity index (χ2n) is 6.85. The largest absolute Gasteiger partial charge is 0.462 e. The van der Waals surface area contributed by atoms with Crippen LogP contribution in [0.25, 0.3) is 11.4 Å². The van der Waals surface area contributed by atoms with Gasteiger partial charge in [-0.25, -0.2) is 14.2 Å². The zero-order valence-corrected chi connectivity index (χ0v) is 16.0. The summed E-state index contributed by atoms with van der Waals surface area (Å²) in [7, 11) is 0. The average molecular weight is 396 g/mol. The molecule has 0 saturated carbocycles. The number of rotatable bonds is 5. The summed E-state index contributed by atoms with van der Waals surface area (Å²) in [4.78, 5) is 23.2. The minimum absolute atomic E-state index is 0.00406. The number of ether oxygens (including phenoxy) is 1. The maximum atomic E-state index is 13.5. The summed E-state index contributed by atoms with van der Waals surface area (Å²) in [6.07, 6.45) is 3.43. The Hall–Kier alpha value is -3.29. The first-order valence-electron chi connectivity index (χ1n) is 9.62. The zero-order valence-electron chi connectivity index (χ0n) is 16.0. The van der Waals surface area contributed by atoms with E-state index in [1.54, 1.807) is 37.4 Å². The van der Waals surface area contributed by atoms with Crippen LogP contribution in [-0.2, 0) is 4.74 Å². The van der Waals surface area contributed by atoms with Crippen LogP contribution in [-0.4, -0.2) is 40.8 Å². The first kappa shape index (κ1) is 19.0. The number of pyridine rings is 1. The van der Waals surface area contributed by atoms with Crippen LogP contribution in [0.4, 0.5) is 10.2 Å². The number of carbonyl (C=O) groups is 1. The lowest BCUT2D eigenvalue weighted by Crippen LogP contribution is -2.36. The number of benzene rings is 1. The molecule has 7 nitrogen and oxygen atoms in total. The van der Waals surface area contributed by atoms with Crippen LogP contribution in [0.15, 0.2) is 47.1 Å². The molecule has 0 bridgehead atoms. The van der Waals surface area contributed by atoms with Gasteiger partial charge in [-0.2, -0.15) is 4.98 Å². The summed E-state index contributed by atoms with van der Waals surface area (Å²) < 4.78 is 24.1. The molecule has 1 unspecified atom stereocenters. The molecular weight excluding hydrogens is 375 g/mol. The van der Waals surface area contributed by atoms with Crippen molar-refractivity contribution in [3.05, 3.63) is 59.9 Å². The van der Waals surface area contributed by atoms with E-state index in [1.165, 1.54) is 12.1 Å². The molecule has 1 aliphatic heterocycles. The summed E-state index contributed by atoms with van der Waals surface area (Å²) in [5.41, 5.74) is 1.02. The van der Waals surface area contributed by atoms with E-state index in [2.05, 4.69) is 15.1 Å². The molecule has 8 heteroatoms. The Labute approximate surface area is 167 Å². The lowest BCUT2D eigenvalue weighted by atomic mass is 9.97. The predicted molar refractivity (Wildman–Crippen MR) is 104 cm³/mol. The third kappa shape index (κ3) is 4.11. The topological polar surface area (TPSA) is 81.4 Å². The molecule has 0 aliphatic carbocycles. The van der Waals surface area contributed by atoms with Gasteiger partial charge in [0.1, 0.15) is 17.2 Å². The summed E-state index contributed by atoms with van der Waals surface area (Å²) in [5, 5.41) is 4.01. The highest BCUT2D eigenvalue weighted by Gasteiger charge is 2.29. The average Bonchev–Trinajstić information content (AvgIpc) is 3.24. The molecule has 1 aromatic carbocycles. The number of hydrogen-bond acceptors (Lipinski definition) is 7. The Morgan fingerprint density at radius 1 is 1.34 bits per heavy atom. The molecule has 1 saturated heterocycles. The maximum absolute atomic E-state index is 13.5. The van der Waals surface area contributed by atoms with Crippen molar-refractivity contribution in [1.82, 2.24) is 15.1 Å². The molecule has 29 heavy (non-hydrogen) atoms. The Kier molecular flexibility index (Phi) is 5.50. The fourth-order valence-corrected chi connectivity index (χ4v) is 3.53. The number of halogens is 1. The van der Waals surface area contributed by atoms with Gasteiger partial charge >= 0.3 is 5.97 Å². The van der Waals surface area contributed by atoms with Crippen molar-refractivity contribution in [2.45, 2.75) is 25.7 Å². The Morgan fingerprint density at radius 2 is 2.24 bits per heavy atom. The van der Waals surface area contributed by atoms with Crippen molar-refractivity contribution < 1.29 is 18.4 Å². The number of aromatic nitrogens is 3. The molecule has 4 rings (SSSR count). The van der Waals surface area contributed by atoms with Crippen molar-refractivity contribution in [3.63, 3.8) is 0 Å². The predicted octanol–water partition coefficient (Wildman–Crippen LogP) is 3.83. The van der Waals surface area contributed by atoms with Gasteiger partial charge in [0.15, 0.2) is 0 Å². The van der Waals surface area contributed by atoms with Gasteiger partial charge in [0.25, 0.3) is 0 Å². The number of carbonyl (C=O) groups excluding carboxylic acids is 1. The Bertz CT molecular complexity index is 1010. The first-order valence-corrected chi connectivity index (χ1v) is 9.62. The summed E-state index contributed by atoms with van der Waals surface area (Å²) in [5.74, 6) is 0.726. The van der Waals surface area contributed by atoms with Gasteiger partial charge in [-0.15, -0.1) is 0 Å². The van der Waals surface area contributed by atoms with Gasteiger partial charge in [0, 0.05) is 24.8 Å². The number of piperidine rings is 1. The molecule has 1 aliphatic rings. The van der Waals surface area contributed by atoms with Gasteiger partial charge in [-0.1, -0.05) is 17.3 Å². The number of nitrogens with zero attached hydrogens (tertiary/aromatic N) is 4. The van der Waals surface area contributed by atoms with E-state index >= 15 is 0 Å². The molecule has 0 spiro atoms. The highest BCUT2D eigenvalue weighted by molar-refractivity contribution is 5.94. The van der Waals surface area contributed by atoms with Crippen LogP contribution in [0.3, 0.4) is 0 Å². The third-order valence-corrected chi connectivity index (χ3v) is 4.88. The van der Waals surface area contributed by atoms with E-state index < -0.39 is 0 Å².